The predicted octanol–water partition coefficient (Wildman–Crippen LogP) is 2.02. The average molecular weight is 339 g/mol. The van der Waals surface area contributed by atoms with Crippen LogP contribution in [0.5, 0.6) is 0 Å². The summed E-state index contributed by atoms with van der Waals surface area (Å²) in [5.74, 6) is 0. The average Bonchev–Trinajstić information content (AvgIpc) is 2.69. The molecule has 1 aromatic carbocycles. The summed E-state index contributed by atoms with van der Waals surface area (Å²) in [7, 11) is -4.05. The molecule has 0 unspecified atom stereocenters. The van der Waals surface area contributed by atoms with Gasteiger partial charge < -0.3 is 9.31 Å². The second kappa shape index (κ2) is 6.20. The molecule has 128 valence electrons. The van der Waals surface area contributed by atoms with Crippen molar-refractivity contribution in [2.45, 2.75) is 57.6 Å². The molecule has 1 saturated heterocycles. The van der Waals surface area contributed by atoms with E-state index in [2.05, 4.69) is 0 Å². The summed E-state index contributed by atoms with van der Waals surface area (Å²) >= 11 is 0. The van der Waals surface area contributed by atoms with Gasteiger partial charge in [-0.05, 0) is 45.3 Å². The maximum atomic E-state index is 12.7. The number of nitrogens with zero attached hydrogens (tertiary/aromatic N) is 1. The number of benzene rings is 1. The van der Waals surface area contributed by atoms with Crippen LogP contribution in [0.15, 0.2) is 29.2 Å². The van der Waals surface area contributed by atoms with Crippen LogP contribution >= 0.6 is 0 Å². The zero-order chi connectivity index (χ0) is 17.5. The molecule has 1 aliphatic rings. The first-order valence-electron chi connectivity index (χ1n) is 8.01. The SMILES string of the molecule is CCN(CC)S(=O)(=O)c1cccc(B2OC(C)(C)C(C)(C)O2)c1. The third-order valence-corrected chi connectivity index (χ3v) is 6.77. The third kappa shape index (κ3) is 3.33. The lowest BCUT2D eigenvalue weighted by molar-refractivity contribution is 0.00578. The lowest BCUT2D eigenvalue weighted by Gasteiger charge is -2.32. The van der Waals surface area contributed by atoms with Crippen LogP contribution in [-0.4, -0.2) is 44.1 Å². The third-order valence-electron chi connectivity index (χ3n) is 4.73. The zero-order valence-corrected chi connectivity index (χ0v) is 15.6. The Morgan fingerprint density at radius 1 is 1.04 bits per heavy atom. The van der Waals surface area contributed by atoms with E-state index in [9.17, 15) is 8.42 Å². The van der Waals surface area contributed by atoms with Gasteiger partial charge in [-0.3, -0.25) is 0 Å². The first kappa shape index (κ1) is 18.5. The molecule has 0 bridgehead atoms. The zero-order valence-electron chi connectivity index (χ0n) is 14.8. The van der Waals surface area contributed by atoms with Crippen LogP contribution in [-0.2, 0) is 19.3 Å². The smallest absolute Gasteiger partial charge is 0.399 e. The van der Waals surface area contributed by atoms with Crippen LogP contribution in [0.25, 0.3) is 0 Å². The van der Waals surface area contributed by atoms with Gasteiger partial charge >= 0.3 is 7.12 Å². The van der Waals surface area contributed by atoms with E-state index in [4.69, 9.17) is 9.31 Å². The first-order valence-corrected chi connectivity index (χ1v) is 9.45. The van der Waals surface area contributed by atoms with Crippen molar-refractivity contribution in [3.05, 3.63) is 24.3 Å². The van der Waals surface area contributed by atoms with Gasteiger partial charge in [0.1, 0.15) is 0 Å². The van der Waals surface area contributed by atoms with Gasteiger partial charge in [-0.2, -0.15) is 4.31 Å². The highest BCUT2D eigenvalue weighted by Gasteiger charge is 2.51. The van der Waals surface area contributed by atoms with Gasteiger partial charge in [0.05, 0.1) is 16.1 Å². The number of hydrogen-bond acceptors (Lipinski definition) is 4. The molecule has 0 amide bonds. The summed E-state index contributed by atoms with van der Waals surface area (Å²) in [6.07, 6.45) is 0. The fourth-order valence-corrected chi connectivity index (χ4v) is 4.03. The van der Waals surface area contributed by atoms with Gasteiger partial charge in [0, 0.05) is 13.1 Å². The van der Waals surface area contributed by atoms with Gasteiger partial charge in [-0.25, -0.2) is 8.42 Å². The molecule has 1 aliphatic heterocycles. The van der Waals surface area contributed by atoms with E-state index in [1.165, 1.54) is 4.31 Å². The van der Waals surface area contributed by atoms with Gasteiger partial charge in [0.2, 0.25) is 10.0 Å². The van der Waals surface area contributed by atoms with E-state index in [0.717, 1.165) is 5.46 Å². The Labute approximate surface area is 140 Å². The minimum Gasteiger partial charge on any atom is -0.399 e. The van der Waals surface area contributed by atoms with E-state index in [1.54, 1.807) is 18.2 Å². The van der Waals surface area contributed by atoms with Crippen molar-refractivity contribution in [3.8, 4) is 0 Å². The quantitative estimate of drug-likeness (QED) is 0.770. The Morgan fingerprint density at radius 3 is 2.04 bits per heavy atom. The van der Waals surface area contributed by atoms with Gasteiger partial charge in [-0.1, -0.05) is 26.0 Å². The Balaban J connectivity index is 2.36. The summed E-state index contributed by atoms with van der Waals surface area (Å²) in [6, 6.07) is 6.83. The molecule has 0 saturated carbocycles. The summed E-state index contributed by atoms with van der Waals surface area (Å²) in [6.45, 7) is 12.5. The maximum absolute atomic E-state index is 12.7. The van der Waals surface area contributed by atoms with Crippen molar-refractivity contribution in [2.24, 2.45) is 0 Å². The Bertz CT molecular complexity index is 652. The standard InChI is InChI=1S/C16H26BNO4S/c1-7-18(8-2)23(19,20)14-11-9-10-13(12-14)17-21-15(3,4)16(5,6)22-17/h9-12H,7-8H2,1-6H3. The summed E-state index contributed by atoms with van der Waals surface area (Å²) in [5, 5.41) is 0. The van der Waals surface area contributed by atoms with Gasteiger partial charge in [0.25, 0.3) is 0 Å². The number of rotatable bonds is 5. The molecule has 0 aliphatic carbocycles. The molecular formula is C16H26BNO4S. The van der Waals surface area contributed by atoms with Gasteiger partial charge in [-0.15, -0.1) is 0 Å². The lowest BCUT2D eigenvalue weighted by atomic mass is 9.79. The molecule has 7 heteroatoms. The second-order valence-electron chi connectivity index (χ2n) is 6.75. The first-order chi connectivity index (χ1) is 10.5. The minimum absolute atomic E-state index is 0.272. The summed E-state index contributed by atoms with van der Waals surface area (Å²) < 4.78 is 38.8. The minimum atomic E-state index is -3.49. The summed E-state index contributed by atoms with van der Waals surface area (Å²) in [4.78, 5) is 0.272. The predicted molar refractivity (Wildman–Crippen MR) is 92.3 cm³/mol. The molecule has 23 heavy (non-hydrogen) atoms. The van der Waals surface area contributed by atoms with Crippen LogP contribution in [0, 0.1) is 0 Å². The molecular weight excluding hydrogens is 313 g/mol. The highest BCUT2D eigenvalue weighted by Crippen LogP contribution is 2.36. The van der Waals surface area contributed by atoms with E-state index in [1.807, 2.05) is 47.6 Å². The largest absolute Gasteiger partial charge is 0.494 e. The molecule has 2 rings (SSSR count). The highest BCUT2D eigenvalue weighted by atomic mass is 32.2. The van der Waals surface area contributed by atoms with Crippen LogP contribution in [0.1, 0.15) is 41.5 Å². The monoisotopic (exact) mass is 339 g/mol. The van der Waals surface area contributed by atoms with E-state index >= 15 is 0 Å². The topological polar surface area (TPSA) is 55.8 Å². The molecule has 1 fully saturated rings. The van der Waals surface area contributed by atoms with Crippen molar-refractivity contribution in [3.63, 3.8) is 0 Å². The van der Waals surface area contributed by atoms with Crippen LogP contribution in [0.4, 0.5) is 0 Å². The second-order valence-corrected chi connectivity index (χ2v) is 8.69. The van der Waals surface area contributed by atoms with E-state index in [0.29, 0.717) is 13.1 Å². The van der Waals surface area contributed by atoms with Gasteiger partial charge in [0.15, 0.2) is 0 Å². The fourth-order valence-electron chi connectivity index (χ4n) is 2.51. The molecule has 0 spiro atoms. The molecule has 0 radical (unpaired) electrons. The van der Waals surface area contributed by atoms with Crippen LogP contribution < -0.4 is 5.46 Å². The van der Waals surface area contributed by atoms with Crippen molar-refractivity contribution in [1.82, 2.24) is 4.31 Å². The normalized spacial score (nSPS) is 20.2. The maximum Gasteiger partial charge on any atom is 0.494 e. The Hall–Kier alpha value is -0.885. The van der Waals surface area contributed by atoms with E-state index in [-0.39, 0.29) is 4.90 Å². The molecule has 1 heterocycles. The van der Waals surface area contributed by atoms with Crippen molar-refractivity contribution in [2.75, 3.05) is 13.1 Å². The van der Waals surface area contributed by atoms with Crippen molar-refractivity contribution < 1.29 is 17.7 Å². The van der Waals surface area contributed by atoms with Crippen LogP contribution in [0.2, 0.25) is 0 Å². The summed E-state index contributed by atoms with van der Waals surface area (Å²) in [5.41, 5.74) is -0.187. The fraction of sp³-hybridized carbons (Fsp3) is 0.625. The Morgan fingerprint density at radius 2 is 1.57 bits per heavy atom. The molecule has 0 atom stereocenters. The lowest BCUT2D eigenvalue weighted by Crippen LogP contribution is -2.41. The number of hydrogen-bond donors (Lipinski definition) is 0. The molecule has 0 aromatic heterocycles. The highest BCUT2D eigenvalue weighted by molar-refractivity contribution is 7.89. The van der Waals surface area contributed by atoms with Crippen molar-refractivity contribution in [1.29, 1.82) is 0 Å². The molecule has 5 nitrogen and oxygen atoms in total. The van der Waals surface area contributed by atoms with Crippen molar-refractivity contribution >= 4 is 22.6 Å². The number of sulfonamides is 1. The molecule has 0 N–H and O–H groups in total. The van der Waals surface area contributed by atoms with Crippen LogP contribution in [0.3, 0.4) is 0 Å². The Kier molecular flexibility index (Phi) is 4.98. The van der Waals surface area contributed by atoms with E-state index < -0.39 is 28.3 Å². The molecule has 1 aromatic rings.